The average Bonchev–Trinajstić information content (AvgIpc) is 3.25. The first kappa shape index (κ1) is 17.4. The topological polar surface area (TPSA) is 103 Å². The Morgan fingerprint density at radius 2 is 2.19 bits per heavy atom. The van der Waals surface area contributed by atoms with Crippen LogP contribution in [0.3, 0.4) is 0 Å². The van der Waals surface area contributed by atoms with E-state index in [1.165, 1.54) is 8.71 Å². The highest BCUT2D eigenvalue weighted by molar-refractivity contribution is 7.89. The van der Waals surface area contributed by atoms with Crippen molar-refractivity contribution in [2.45, 2.75) is 24.5 Å². The zero-order valence-electron chi connectivity index (χ0n) is 13.9. The molecule has 0 aromatic carbocycles. The Kier molecular flexibility index (Phi) is 4.43. The van der Waals surface area contributed by atoms with Crippen molar-refractivity contribution in [3.63, 3.8) is 0 Å². The summed E-state index contributed by atoms with van der Waals surface area (Å²) in [5, 5.41) is 7.73. The lowest BCUT2D eigenvalue weighted by molar-refractivity contribution is -0.0178. The number of aryl methyl sites for hydroxylation is 1. The van der Waals surface area contributed by atoms with Crippen LogP contribution in [0, 0.1) is 0 Å². The van der Waals surface area contributed by atoms with Gasteiger partial charge in [-0.25, -0.2) is 13.4 Å². The number of morpholine rings is 1. The van der Waals surface area contributed by atoms with Crippen LogP contribution in [0.25, 0.3) is 5.65 Å². The number of rotatable bonds is 4. The van der Waals surface area contributed by atoms with Gasteiger partial charge >= 0.3 is 0 Å². The predicted molar refractivity (Wildman–Crippen MR) is 91.3 cm³/mol. The molecule has 1 saturated heterocycles. The van der Waals surface area contributed by atoms with Crippen molar-refractivity contribution in [3.05, 3.63) is 41.3 Å². The molecule has 0 N–H and O–H groups in total. The van der Waals surface area contributed by atoms with E-state index in [9.17, 15) is 8.42 Å². The minimum Gasteiger partial charge on any atom is -0.422 e. The Balaban J connectivity index is 1.68. The highest BCUT2D eigenvalue weighted by Crippen LogP contribution is 2.29. The molecular weight excluding hydrogens is 382 g/mol. The van der Waals surface area contributed by atoms with Crippen LogP contribution in [0.2, 0.25) is 5.15 Å². The third-order valence-electron chi connectivity index (χ3n) is 4.12. The van der Waals surface area contributed by atoms with E-state index < -0.39 is 16.1 Å². The second kappa shape index (κ2) is 6.62. The molecule has 0 radical (unpaired) electrons. The highest BCUT2D eigenvalue weighted by Gasteiger charge is 2.37. The van der Waals surface area contributed by atoms with Crippen LogP contribution in [0.15, 0.2) is 33.8 Å². The monoisotopic (exact) mass is 397 g/mol. The Labute approximate surface area is 154 Å². The van der Waals surface area contributed by atoms with Crippen LogP contribution < -0.4 is 0 Å². The van der Waals surface area contributed by atoms with Crippen molar-refractivity contribution < 1.29 is 17.6 Å². The van der Waals surface area contributed by atoms with Crippen LogP contribution in [-0.4, -0.2) is 52.0 Å². The lowest BCUT2D eigenvalue weighted by Gasteiger charge is -2.30. The zero-order chi connectivity index (χ0) is 18.3. The zero-order valence-corrected chi connectivity index (χ0v) is 15.4. The minimum absolute atomic E-state index is 0.0596. The number of nitrogens with zero attached hydrogens (tertiary/aromatic N) is 5. The van der Waals surface area contributed by atoms with Crippen molar-refractivity contribution >= 4 is 27.3 Å². The van der Waals surface area contributed by atoms with E-state index in [2.05, 4.69) is 15.2 Å². The fraction of sp³-hybridized carbons (Fsp3) is 0.400. The number of pyridine rings is 1. The van der Waals surface area contributed by atoms with Crippen molar-refractivity contribution in [1.29, 1.82) is 0 Å². The number of aromatic nitrogens is 4. The van der Waals surface area contributed by atoms with Crippen molar-refractivity contribution in [1.82, 2.24) is 23.9 Å². The summed E-state index contributed by atoms with van der Waals surface area (Å²) in [6, 6.07) is 5.18. The molecule has 0 saturated carbocycles. The van der Waals surface area contributed by atoms with Crippen molar-refractivity contribution in [3.8, 4) is 0 Å². The molecule has 3 aromatic heterocycles. The Morgan fingerprint density at radius 3 is 2.96 bits per heavy atom. The van der Waals surface area contributed by atoms with Gasteiger partial charge < -0.3 is 9.15 Å². The number of fused-ring (bicyclic) bond motifs is 1. The molecule has 1 aliphatic rings. The third-order valence-corrected chi connectivity index (χ3v) is 6.39. The maximum absolute atomic E-state index is 13.2. The summed E-state index contributed by atoms with van der Waals surface area (Å²) in [7, 11) is -3.88. The van der Waals surface area contributed by atoms with E-state index in [1.54, 1.807) is 24.4 Å². The summed E-state index contributed by atoms with van der Waals surface area (Å²) in [4.78, 5) is 4.12. The largest absolute Gasteiger partial charge is 0.422 e. The maximum Gasteiger partial charge on any atom is 0.262 e. The van der Waals surface area contributed by atoms with E-state index in [0.717, 1.165) is 0 Å². The molecule has 0 unspecified atom stereocenters. The molecular formula is C15H16ClN5O4S. The molecule has 3 aromatic rings. The van der Waals surface area contributed by atoms with Gasteiger partial charge in [0, 0.05) is 25.7 Å². The molecule has 4 rings (SSSR count). The molecule has 26 heavy (non-hydrogen) atoms. The lowest BCUT2D eigenvalue weighted by Crippen LogP contribution is -2.42. The molecule has 0 bridgehead atoms. The van der Waals surface area contributed by atoms with Gasteiger partial charge in [0.05, 0.1) is 6.61 Å². The number of sulfonamides is 1. The smallest absolute Gasteiger partial charge is 0.262 e. The molecule has 11 heteroatoms. The van der Waals surface area contributed by atoms with Gasteiger partial charge in [0.25, 0.3) is 10.0 Å². The van der Waals surface area contributed by atoms with E-state index in [0.29, 0.717) is 18.0 Å². The number of imidazole rings is 1. The quantitative estimate of drug-likeness (QED) is 0.659. The molecule has 1 aliphatic heterocycles. The van der Waals surface area contributed by atoms with Crippen LogP contribution in [-0.2, 0) is 21.2 Å². The molecule has 1 atom stereocenters. The molecule has 4 heterocycles. The Bertz CT molecular complexity index is 1050. The summed E-state index contributed by atoms with van der Waals surface area (Å²) in [5.74, 6) is 0.749. The number of hydrogen-bond acceptors (Lipinski definition) is 7. The van der Waals surface area contributed by atoms with Crippen LogP contribution in [0.5, 0.6) is 0 Å². The Hall–Kier alpha value is -2.01. The minimum atomic E-state index is -3.88. The first-order valence-corrected chi connectivity index (χ1v) is 9.89. The summed E-state index contributed by atoms with van der Waals surface area (Å²) >= 11 is 6.14. The molecule has 0 spiro atoms. The normalized spacial score (nSPS) is 19.2. The van der Waals surface area contributed by atoms with Gasteiger partial charge in [0.2, 0.25) is 11.8 Å². The van der Waals surface area contributed by atoms with Crippen LogP contribution >= 0.6 is 11.6 Å². The summed E-state index contributed by atoms with van der Waals surface area (Å²) < 4.78 is 40.3. The number of ether oxygens (including phenoxy) is 1. The maximum atomic E-state index is 13.2. The van der Waals surface area contributed by atoms with Gasteiger partial charge in [-0.2, -0.15) is 4.31 Å². The van der Waals surface area contributed by atoms with Crippen molar-refractivity contribution in [2.75, 3.05) is 19.7 Å². The van der Waals surface area contributed by atoms with Crippen LogP contribution in [0.1, 0.15) is 24.8 Å². The van der Waals surface area contributed by atoms with E-state index in [-0.39, 0.29) is 35.8 Å². The Morgan fingerprint density at radius 1 is 1.35 bits per heavy atom. The lowest BCUT2D eigenvalue weighted by atomic mass is 10.3. The predicted octanol–water partition coefficient (Wildman–Crippen LogP) is 1.70. The van der Waals surface area contributed by atoms with Gasteiger partial charge in [-0.05, 0) is 12.1 Å². The average molecular weight is 398 g/mol. The first-order valence-electron chi connectivity index (χ1n) is 8.07. The van der Waals surface area contributed by atoms with Gasteiger partial charge in [-0.3, -0.25) is 4.40 Å². The summed E-state index contributed by atoms with van der Waals surface area (Å²) in [5.41, 5.74) is 0.463. The van der Waals surface area contributed by atoms with Gasteiger partial charge in [-0.15, -0.1) is 10.2 Å². The van der Waals surface area contributed by atoms with E-state index >= 15 is 0 Å². The van der Waals surface area contributed by atoms with E-state index in [1.807, 2.05) is 6.92 Å². The molecule has 0 amide bonds. The SMILES string of the molecule is CCc1nnc([C@H]2CN(S(=O)(=O)c3c(Cl)nc4ccccn34)CCO2)o1. The molecule has 9 nitrogen and oxygen atoms in total. The standard InChI is InChI=1S/C15H16ClN5O4S/c1-2-12-18-19-14(25-12)10-9-20(7-8-24-10)26(22,23)15-13(16)17-11-5-3-4-6-21(11)15/h3-6,10H,2,7-9H2,1H3/t10-/m1/s1. The van der Waals surface area contributed by atoms with Gasteiger partial charge in [0.1, 0.15) is 11.8 Å². The van der Waals surface area contributed by atoms with E-state index in [4.69, 9.17) is 20.8 Å². The third kappa shape index (κ3) is 2.88. The number of hydrogen-bond donors (Lipinski definition) is 0. The second-order valence-corrected chi connectivity index (χ2v) is 7.96. The molecule has 1 fully saturated rings. The fourth-order valence-corrected chi connectivity index (χ4v) is 4.85. The second-order valence-electron chi connectivity index (χ2n) is 5.75. The van der Waals surface area contributed by atoms with Crippen molar-refractivity contribution in [2.24, 2.45) is 0 Å². The number of halogens is 1. The summed E-state index contributed by atoms with van der Waals surface area (Å²) in [6.45, 7) is 2.36. The van der Waals surface area contributed by atoms with Gasteiger partial charge in [0.15, 0.2) is 10.2 Å². The fourth-order valence-electron chi connectivity index (χ4n) is 2.83. The first-order chi connectivity index (χ1) is 12.5. The highest BCUT2D eigenvalue weighted by atomic mass is 35.5. The van der Waals surface area contributed by atoms with Gasteiger partial charge in [-0.1, -0.05) is 24.6 Å². The molecule has 138 valence electrons. The van der Waals surface area contributed by atoms with Crippen LogP contribution in [0.4, 0.5) is 0 Å². The summed E-state index contributed by atoms with van der Waals surface area (Å²) in [6.07, 6.45) is 1.59. The molecule has 0 aliphatic carbocycles.